The minimum absolute atomic E-state index is 0.237. The molecule has 96 valence electrons. The van der Waals surface area contributed by atoms with Crippen LogP contribution in [0.15, 0.2) is 30.3 Å². The van der Waals surface area contributed by atoms with Gasteiger partial charge in [-0.25, -0.2) is 0 Å². The van der Waals surface area contributed by atoms with E-state index in [1.165, 1.54) is 4.90 Å². The zero-order chi connectivity index (χ0) is 13.1. The van der Waals surface area contributed by atoms with Crippen molar-refractivity contribution in [2.45, 2.75) is 13.0 Å². The van der Waals surface area contributed by atoms with Crippen molar-refractivity contribution in [3.05, 3.63) is 30.3 Å². The van der Waals surface area contributed by atoms with Gasteiger partial charge in [0.25, 0.3) is 0 Å². The van der Waals surface area contributed by atoms with Gasteiger partial charge in [0.2, 0.25) is 5.91 Å². The van der Waals surface area contributed by atoms with E-state index in [0.29, 0.717) is 6.61 Å². The van der Waals surface area contributed by atoms with Gasteiger partial charge in [0.15, 0.2) is 0 Å². The number of amides is 1. The standard InChI is InChI=1S/C13H16N2O3/c1-2-18-13(17)10-8-15(12(16)11(10)14)9-6-4-3-5-7-9/h3-7,10-11H,2,8,14H2,1H3. The molecule has 0 aliphatic carbocycles. The van der Waals surface area contributed by atoms with Crippen LogP contribution in [0.2, 0.25) is 0 Å². The van der Waals surface area contributed by atoms with Gasteiger partial charge in [-0.2, -0.15) is 0 Å². The minimum atomic E-state index is -0.816. The highest BCUT2D eigenvalue weighted by Crippen LogP contribution is 2.24. The van der Waals surface area contributed by atoms with Gasteiger partial charge in [-0.1, -0.05) is 18.2 Å². The fraction of sp³-hybridized carbons (Fsp3) is 0.385. The number of para-hydroxylation sites is 1. The van der Waals surface area contributed by atoms with Crippen molar-refractivity contribution in [2.75, 3.05) is 18.1 Å². The molecule has 1 aliphatic rings. The molecule has 0 aromatic heterocycles. The average molecular weight is 248 g/mol. The Morgan fingerprint density at radius 2 is 2.11 bits per heavy atom. The molecule has 2 unspecified atom stereocenters. The Kier molecular flexibility index (Phi) is 3.62. The molecule has 0 bridgehead atoms. The van der Waals surface area contributed by atoms with Crippen LogP contribution >= 0.6 is 0 Å². The smallest absolute Gasteiger partial charge is 0.312 e. The van der Waals surface area contributed by atoms with E-state index in [9.17, 15) is 9.59 Å². The van der Waals surface area contributed by atoms with Crippen molar-refractivity contribution in [1.29, 1.82) is 0 Å². The highest BCUT2D eigenvalue weighted by molar-refractivity contribution is 6.03. The third-order valence-corrected chi connectivity index (χ3v) is 3.02. The van der Waals surface area contributed by atoms with Crippen LogP contribution in [0, 0.1) is 5.92 Å². The van der Waals surface area contributed by atoms with Gasteiger partial charge >= 0.3 is 5.97 Å². The number of hydrogen-bond donors (Lipinski definition) is 1. The summed E-state index contributed by atoms with van der Waals surface area (Å²) in [5.41, 5.74) is 6.54. The summed E-state index contributed by atoms with van der Waals surface area (Å²) in [5.74, 6) is -1.23. The summed E-state index contributed by atoms with van der Waals surface area (Å²) in [4.78, 5) is 25.2. The topological polar surface area (TPSA) is 72.6 Å². The maximum Gasteiger partial charge on any atom is 0.312 e. The van der Waals surface area contributed by atoms with Gasteiger partial charge in [0, 0.05) is 12.2 Å². The summed E-state index contributed by atoms with van der Waals surface area (Å²) < 4.78 is 4.93. The van der Waals surface area contributed by atoms with Crippen molar-refractivity contribution in [2.24, 2.45) is 11.7 Å². The van der Waals surface area contributed by atoms with Crippen molar-refractivity contribution in [1.82, 2.24) is 0 Å². The molecule has 1 amide bonds. The number of carbonyl (C=O) groups is 2. The number of ether oxygens (including phenoxy) is 1. The van der Waals surface area contributed by atoms with E-state index in [0.717, 1.165) is 5.69 Å². The van der Waals surface area contributed by atoms with E-state index in [4.69, 9.17) is 10.5 Å². The second kappa shape index (κ2) is 5.18. The molecule has 0 radical (unpaired) electrons. The first kappa shape index (κ1) is 12.6. The van der Waals surface area contributed by atoms with Gasteiger partial charge in [-0.05, 0) is 19.1 Å². The molecule has 1 heterocycles. The number of anilines is 1. The lowest BCUT2D eigenvalue weighted by molar-refractivity contribution is -0.148. The molecule has 5 heteroatoms. The van der Waals surface area contributed by atoms with Crippen molar-refractivity contribution in [3.63, 3.8) is 0 Å². The number of nitrogens with zero attached hydrogens (tertiary/aromatic N) is 1. The lowest BCUT2D eigenvalue weighted by atomic mass is 10.1. The summed E-state index contributed by atoms with van der Waals surface area (Å²) in [6, 6.07) is 8.37. The highest BCUT2D eigenvalue weighted by Gasteiger charge is 2.43. The molecule has 2 atom stereocenters. The lowest BCUT2D eigenvalue weighted by Gasteiger charge is -2.15. The first-order valence-electron chi connectivity index (χ1n) is 5.93. The quantitative estimate of drug-likeness (QED) is 0.792. The molecule has 1 aromatic carbocycles. The third-order valence-electron chi connectivity index (χ3n) is 3.02. The number of esters is 1. The maximum absolute atomic E-state index is 12.0. The predicted octanol–water partition coefficient (Wildman–Crippen LogP) is 0.540. The van der Waals surface area contributed by atoms with E-state index in [1.807, 2.05) is 30.3 Å². The number of hydrogen-bond acceptors (Lipinski definition) is 4. The van der Waals surface area contributed by atoms with Crippen LogP contribution in [-0.4, -0.2) is 31.1 Å². The summed E-state index contributed by atoms with van der Waals surface area (Å²) in [6.45, 7) is 2.31. The molecule has 5 nitrogen and oxygen atoms in total. The lowest BCUT2D eigenvalue weighted by Crippen LogP contribution is -2.38. The van der Waals surface area contributed by atoms with Crippen molar-refractivity contribution >= 4 is 17.6 Å². The van der Waals surface area contributed by atoms with E-state index in [2.05, 4.69) is 0 Å². The van der Waals surface area contributed by atoms with Crippen LogP contribution in [0.4, 0.5) is 5.69 Å². The van der Waals surface area contributed by atoms with Crippen LogP contribution in [0.1, 0.15) is 6.92 Å². The Labute approximate surface area is 106 Å². The monoisotopic (exact) mass is 248 g/mol. The maximum atomic E-state index is 12.0. The Hall–Kier alpha value is -1.88. The fourth-order valence-corrected chi connectivity index (χ4v) is 2.06. The predicted molar refractivity (Wildman–Crippen MR) is 66.9 cm³/mol. The molecular formula is C13H16N2O3. The van der Waals surface area contributed by atoms with Crippen molar-refractivity contribution in [3.8, 4) is 0 Å². The largest absolute Gasteiger partial charge is 0.466 e. The zero-order valence-corrected chi connectivity index (χ0v) is 10.2. The normalized spacial score (nSPS) is 23.2. The fourth-order valence-electron chi connectivity index (χ4n) is 2.06. The molecule has 0 spiro atoms. The molecular weight excluding hydrogens is 232 g/mol. The zero-order valence-electron chi connectivity index (χ0n) is 10.2. The van der Waals surface area contributed by atoms with E-state index in [1.54, 1.807) is 6.92 Å². The number of rotatable bonds is 3. The van der Waals surface area contributed by atoms with Gasteiger partial charge in [0.05, 0.1) is 18.6 Å². The van der Waals surface area contributed by atoms with E-state index in [-0.39, 0.29) is 12.5 Å². The number of carbonyl (C=O) groups excluding carboxylic acids is 2. The minimum Gasteiger partial charge on any atom is -0.466 e. The second-order valence-electron chi connectivity index (χ2n) is 4.17. The van der Waals surface area contributed by atoms with Crippen LogP contribution in [0.3, 0.4) is 0 Å². The Bertz CT molecular complexity index is 447. The van der Waals surface area contributed by atoms with Crippen LogP contribution in [0.5, 0.6) is 0 Å². The van der Waals surface area contributed by atoms with Crippen LogP contribution in [-0.2, 0) is 14.3 Å². The third kappa shape index (κ3) is 2.22. The first-order valence-corrected chi connectivity index (χ1v) is 5.93. The molecule has 1 saturated heterocycles. The van der Waals surface area contributed by atoms with Crippen molar-refractivity contribution < 1.29 is 14.3 Å². The first-order chi connectivity index (χ1) is 8.65. The van der Waals surface area contributed by atoms with Gasteiger partial charge in [-0.3, -0.25) is 9.59 Å². The number of benzene rings is 1. The van der Waals surface area contributed by atoms with E-state index < -0.39 is 17.9 Å². The van der Waals surface area contributed by atoms with Crippen LogP contribution in [0.25, 0.3) is 0 Å². The molecule has 1 aromatic rings. The summed E-state index contributed by atoms with van der Waals surface area (Å²) >= 11 is 0. The average Bonchev–Trinajstić information content (AvgIpc) is 2.68. The van der Waals surface area contributed by atoms with E-state index >= 15 is 0 Å². The Morgan fingerprint density at radius 3 is 2.72 bits per heavy atom. The molecule has 2 rings (SSSR count). The number of nitrogens with two attached hydrogens (primary N) is 1. The molecule has 0 saturated carbocycles. The molecule has 2 N–H and O–H groups in total. The summed E-state index contributed by atoms with van der Waals surface area (Å²) in [7, 11) is 0. The molecule has 1 aliphatic heterocycles. The second-order valence-corrected chi connectivity index (χ2v) is 4.17. The molecule has 1 fully saturated rings. The van der Waals surface area contributed by atoms with Gasteiger partial charge in [0.1, 0.15) is 0 Å². The summed E-state index contributed by atoms with van der Waals surface area (Å²) in [5, 5.41) is 0. The Balaban J connectivity index is 2.17. The van der Waals surface area contributed by atoms with Gasteiger partial charge < -0.3 is 15.4 Å². The highest BCUT2D eigenvalue weighted by atomic mass is 16.5. The van der Waals surface area contributed by atoms with Crippen LogP contribution < -0.4 is 10.6 Å². The summed E-state index contributed by atoms with van der Waals surface area (Å²) in [6.07, 6.45) is 0. The molecule has 18 heavy (non-hydrogen) atoms. The SMILES string of the molecule is CCOC(=O)C1CN(c2ccccc2)C(=O)C1N. The van der Waals surface area contributed by atoms with Gasteiger partial charge in [-0.15, -0.1) is 0 Å². The Morgan fingerprint density at radius 1 is 1.44 bits per heavy atom.